The molecule has 0 radical (unpaired) electrons. The number of anilines is 2. The van der Waals surface area contributed by atoms with E-state index in [1.54, 1.807) is 24.3 Å². The Morgan fingerprint density at radius 3 is 2.60 bits per heavy atom. The van der Waals surface area contributed by atoms with E-state index in [-0.39, 0.29) is 16.1 Å². The first kappa shape index (κ1) is 16.9. The average Bonchev–Trinajstić information content (AvgIpc) is 2.53. The summed E-state index contributed by atoms with van der Waals surface area (Å²) in [5, 5.41) is 5.36. The molecule has 0 spiro atoms. The topological polar surface area (TPSA) is 130 Å². The Hall–Kier alpha value is -2.91. The Morgan fingerprint density at radius 1 is 1.16 bits per heavy atom. The molecule has 0 fully saturated rings. The number of rotatable bonds is 3. The van der Waals surface area contributed by atoms with Gasteiger partial charge in [0, 0.05) is 0 Å². The Morgan fingerprint density at radius 2 is 1.88 bits per heavy atom. The van der Waals surface area contributed by atoms with Crippen LogP contribution >= 0.6 is 0 Å². The summed E-state index contributed by atoms with van der Waals surface area (Å²) < 4.78 is 26.9. The molecular formula is C16H16N4O4S. The van der Waals surface area contributed by atoms with E-state index >= 15 is 0 Å². The molecule has 1 heterocycles. The van der Waals surface area contributed by atoms with E-state index in [4.69, 9.17) is 5.73 Å². The number of nitrogens with one attached hydrogen (secondary N) is 3. The van der Waals surface area contributed by atoms with Gasteiger partial charge in [-0.1, -0.05) is 18.2 Å². The molecule has 0 saturated heterocycles. The van der Waals surface area contributed by atoms with E-state index in [0.29, 0.717) is 5.69 Å². The summed E-state index contributed by atoms with van der Waals surface area (Å²) in [5.74, 6) is -1.36. The van der Waals surface area contributed by atoms with Gasteiger partial charge in [-0.2, -0.15) is 4.72 Å². The van der Waals surface area contributed by atoms with Crippen LogP contribution in [0, 0.1) is 6.92 Å². The second-order valence-electron chi connectivity index (χ2n) is 5.60. The number of amides is 2. The minimum Gasteiger partial charge on any atom is -0.366 e. The number of hydrogen-bond donors (Lipinski definition) is 4. The maximum atomic E-state index is 12.5. The fraction of sp³-hybridized carbons (Fsp3) is 0.125. The van der Waals surface area contributed by atoms with E-state index in [9.17, 15) is 18.0 Å². The first-order valence-electron chi connectivity index (χ1n) is 7.37. The number of aryl methyl sites for hydroxylation is 1. The van der Waals surface area contributed by atoms with Gasteiger partial charge >= 0.3 is 0 Å². The molecule has 2 aromatic rings. The number of primary amides is 1. The van der Waals surface area contributed by atoms with E-state index in [1.165, 1.54) is 18.2 Å². The molecule has 9 heteroatoms. The van der Waals surface area contributed by atoms with E-state index in [1.807, 2.05) is 6.92 Å². The van der Waals surface area contributed by atoms with Gasteiger partial charge in [0.2, 0.25) is 10.0 Å². The lowest BCUT2D eigenvalue weighted by atomic mass is 10.1. The summed E-state index contributed by atoms with van der Waals surface area (Å²) >= 11 is 0. The summed E-state index contributed by atoms with van der Waals surface area (Å²) in [6, 6.07) is 11.0. The van der Waals surface area contributed by atoms with Crippen molar-refractivity contribution in [2.75, 3.05) is 10.6 Å². The molecule has 130 valence electrons. The molecular weight excluding hydrogens is 344 g/mol. The zero-order valence-electron chi connectivity index (χ0n) is 13.2. The minimum absolute atomic E-state index is 0.0692. The van der Waals surface area contributed by atoms with Crippen molar-refractivity contribution in [2.45, 2.75) is 18.0 Å². The maximum absolute atomic E-state index is 12.5. The third-order valence-electron chi connectivity index (χ3n) is 3.71. The lowest BCUT2D eigenvalue weighted by Crippen LogP contribution is -2.51. The number of carbonyl (C=O) groups excluding carboxylic acids is 2. The van der Waals surface area contributed by atoms with Gasteiger partial charge < -0.3 is 16.4 Å². The molecule has 0 unspecified atom stereocenters. The van der Waals surface area contributed by atoms with E-state index in [0.717, 1.165) is 5.56 Å². The smallest absolute Gasteiger partial charge is 0.262 e. The van der Waals surface area contributed by atoms with E-state index in [2.05, 4.69) is 15.4 Å². The Kier molecular flexibility index (Phi) is 4.19. The van der Waals surface area contributed by atoms with Crippen molar-refractivity contribution < 1.29 is 18.0 Å². The molecule has 1 aliphatic rings. The average molecular weight is 360 g/mol. The Bertz CT molecular complexity index is 972. The molecule has 2 aromatic carbocycles. The van der Waals surface area contributed by atoms with Crippen molar-refractivity contribution in [3.63, 3.8) is 0 Å². The van der Waals surface area contributed by atoms with Crippen molar-refractivity contribution in [3.05, 3.63) is 53.6 Å². The van der Waals surface area contributed by atoms with Crippen molar-refractivity contribution in [1.29, 1.82) is 0 Å². The van der Waals surface area contributed by atoms with Crippen LogP contribution in [-0.2, 0) is 14.8 Å². The third-order valence-corrected chi connectivity index (χ3v) is 5.19. The highest BCUT2D eigenvalue weighted by molar-refractivity contribution is 7.89. The van der Waals surface area contributed by atoms with Crippen molar-refractivity contribution in [2.24, 2.45) is 5.73 Å². The number of hydrogen-bond acceptors (Lipinski definition) is 5. The van der Waals surface area contributed by atoms with Crippen LogP contribution in [0.4, 0.5) is 11.4 Å². The highest BCUT2D eigenvalue weighted by Gasteiger charge is 2.33. The van der Waals surface area contributed by atoms with Gasteiger partial charge in [0.25, 0.3) is 11.8 Å². The second kappa shape index (κ2) is 6.19. The molecule has 25 heavy (non-hydrogen) atoms. The first-order chi connectivity index (χ1) is 11.8. The number of nitrogens with two attached hydrogens (primary N) is 1. The summed E-state index contributed by atoms with van der Waals surface area (Å²) in [4.78, 5) is 24.0. The highest BCUT2D eigenvalue weighted by Crippen LogP contribution is 2.27. The zero-order valence-corrected chi connectivity index (χ0v) is 14.1. The van der Waals surface area contributed by atoms with Crippen molar-refractivity contribution in [3.8, 4) is 0 Å². The van der Waals surface area contributed by atoms with Crippen LogP contribution in [0.5, 0.6) is 0 Å². The molecule has 0 saturated carbocycles. The molecule has 1 atom stereocenters. The van der Waals surface area contributed by atoms with Crippen molar-refractivity contribution in [1.82, 2.24) is 4.72 Å². The lowest BCUT2D eigenvalue weighted by Gasteiger charge is -2.27. The van der Waals surface area contributed by atoms with Gasteiger partial charge in [0.1, 0.15) is 4.90 Å². The SMILES string of the molecule is Cc1ccc2c(c1)N[C@@H](C(=O)Nc1ccccc1C(N)=O)NS2(=O)=O. The normalized spacial score (nSPS) is 17.9. The summed E-state index contributed by atoms with van der Waals surface area (Å²) in [6.07, 6.45) is -1.22. The third kappa shape index (κ3) is 3.32. The number of carbonyl (C=O) groups is 2. The summed E-state index contributed by atoms with van der Waals surface area (Å²) in [6.45, 7) is 1.81. The standard InChI is InChI=1S/C16H16N4O4S/c1-9-6-7-13-12(8-9)18-15(20-25(13,23)24)16(22)19-11-5-3-2-4-10(11)14(17)21/h2-8,15,18,20H,1H3,(H2,17,21)(H,19,22)/t15-/m1/s1. The lowest BCUT2D eigenvalue weighted by molar-refractivity contribution is -0.117. The van der Waals surface area contributed by atoms with Crippen LogP contribution in [0.1, 0.15) is 15.9 Å². The van der Waals surface area contributed by atoms with Gasteiger partial charge in [-0.25, -0.2) is 8.42 Å². The fourth-order valence-electron chi connectivity index (χ4n) is 2.53. The Balaban J connectivity index is 1.89. The zero-order chi connectivity index (χ0) is 18.2. The summed E-state index contributed by atoms with van der Waals surface area (Å²) in [7, 11) is -3.84. The van der Waals surface area contributed by atoms with Crippen LogP contribution in [0.2, 0.25) is 0 Å². The number of benzene rings is 2. The molecule has 1 aliphatic heterocycles. The largest absolute Gasteiger partial charge is 0.366 e. The molecule has 8 nitrogen and oxygen atoms in total. The number of para-hydroxylation sites is 1. The second-order valence-corrected chi connectivity index (χ2v) is 7.28. The van der Waals surface area contributed by atoms with Crippen LogP contribution < -0.4 is 21.1 Å². The van der Waals surface area contributed by atoms with Gasteiger partial charge in [-0.15, -0.1) is 0 Å². The number of fused-ring (bicyclic) bond motifs is 1. The minimum atomic E-state index is -3.84. The molecule has 0 aliphatic carbocycles. The molecule has 0 bridgehead atoms. The van der Waals surface area contributed by atoms with Crippen LogP contribution in [0.3, 0.4) is 0 Å². The molecule has 3 rings (SSSR count). The van der Waals surface area contributed by atoms with Crippen LogP contribution in [0.15, 0.2) is 47.4 Å². The molecule has 5 N–H and O–H groups in total. The van der Waals surface area contributed by atoms with Gasteiger partial charge in [0.05, 0.1) is 16.9 Å². The molecule has 2 amide bonds. The highest BCUT2D eigenvalue weighted by atomic mass is 32.2. The Labute approximate surface area is 144 Å². The van der Waals surface area contributed by atoms with Gasteiger partial charge in [-0.05, 0) is 36.8 Å². The predicted molar refractivity (Wildman–Crippen MR) is 92.5 cm³/mol. The fourth-order valence-corrected chi connectivity index (χ4v) is 3.78. The monoisotopic (exact) mass is 360 g/mol. The van der Waals surface area contributed by atoms with Gasteiger partial charge in [0.15, 0.2) is 6.17 Å². The van der Waals surface area contributed by atoms with Crippen molar-refractivity contribution >= 4 is 33.2 Å². The predicted octanol–water partition coefficient (Wildman–Crippen LogP) is 0.763. The first-order valence-corrected chi connectivity index (χ1v) is 8.85. The molecule has 0 aromatic heterocycles. The summed E-state index contributed by atoms with van der Waals surface area (Å²) in [5.41, 5.74) is 6.79. The van der Waals surface area contributed by atoms with Crippen LogP contribution in [-0.4, -0.2) is 26.4 Å². The number of sulfonamides is 1. The van der Waals surface area contributed by atoms with E-state index < -0.39 is 28.0 Å². The van der Waals surface area contributed by atoms with Crippen LogP contribution in [0.25, 0.3) is 0 Å². The quantitative estimate of drug-likeness (QED) is 0.642. The van der Waals surface area contributed by atoms with Gasteiger partial charge in [-0.3, -0.25) is 9.59 Å². The maximum Gasteiger partial charge on any atom is 0.262 e.